The van der Waals surface area contributed by atoms with Gasteiger partial charge in [-0.3, -0.25) is 0 Å². The van der Waals surface area contributed by atoms with Gasteiger partial charge in [0.05, 0.1) is 0 Å². The van der Waals surface area contributed by atoms with Crippen LogP contribution in [-0.2, 0) is 0 Å². The molecule has 0 spiro atoms. The second-order valence-corrected chi connectivity index (χ2v) is 12.5. The Bertz CT molecular complexity index is 2170. The molecule has 6 aromatic carbocycles. The molecule has 0 aliphatic carbocycles. The summed E-state index contributed by atoms with van der Waals surface area (Å²) in [7, 11) is 0. The molecule has 0 fully saturated rings. The summed E-state index contributed by atoms with van der Waals surface area (Å²) in [6, 6.07) is 52.9. The summed E-state index contributed by atoms with van der Waals surface area (Å²) in [4.78, 5) is 15.4. The number of fused-ring (bicyclic) bond motifs is 3. The Kier molecular flexibility index (Phi) is 6.49. The van der Waals surface area contributed by atoms with Crippen LogP contribution in [-0.4, -0.2) is 29.5 Å². The SMILES string of the molecule is c1ccc(-c2cc(-c3ccccc3-c3cc4nc(-c5ccccc5)[se]c4c4ccccc34)nc(-c3ccccc3)n2)cc1. The summed E-state index contributed by atoms with van der Waals surface area (Å²) in [6.07, 6.45) is 0. The molecule has 0 unspecified atom stereocenters. The van der Waals surface area contributed by atoms with Crippen molar-refractivity contribution in [1.29, 1.82) is 0 Å². The van der Waals surface area contributed by atoms with E-state index in [1.54, 1.807) is 0 Å². The number of nitrogens with zero attached hydrogens (tertiary/aromatic N) is 3. The number of hydrogen-bond acceptors (Lipinski definition) is 3. The summed E-state index contributed by atoms with van der Waals surface area (Å²) in [6.45, 7) is 0. The molecule has 0 saturated heterocycles. The Hall–Kier alpha value is -5.15. The standard InChI is InChI=1S/C39H25N3Se/c1-4-14-26(15-5-1)34-25-35(41-38(40-34)27-16-6-2-7-17-27)31-22-12-10-20-29(31)33-24-36-37(32-23-13-11-21-30(32)33)43-39(42-36)28-18-8-3-9-19-28/h1-25H. The molecule has 0 amide bonds. The Morgan fingerprint density at radius 1 is 0.395 bits per heavy atom. The Balaban J connectivity index is 1.36. The van der Waals surface area contributed by atoms with Crippen molar-refractivity contribution in [2.75, 3.05) is 0 Å². The van der Waals surface area contributed by atoms with E-state index < -0.39 is 0 Å². The molecule has 4 heteroatoms. The monoisotopic (exact) mass is 615 g/mol. The first-order valence-corrected chi connectivity index (χ1v) is 16.0. The fraction of sp³-hybridized carbons (Fsp3) is 0. The van der Waals surface area contributed by atoms with Gasteiger partial charge in [0.25, 0.3) is 0 Å². The van der Waals surface area contributed by atoms with Gasteiger partial charge in [-0.15, -0.1) is 0 Å². The van der Waals surface area contributed by atoms with E-state index in [9.17, 15) is 0 Å². The fourth-order valence-electron chi connectivity index (χ4n) is 5.68. The molecule has 8 aromatic rings. The zero-order chi connectivity index (χ0) is 28.6. The number of hydrogen-bond donors (Lipinski definition) is 0. The second kappa shape index (κ2) is 10.9. The van der Waals surface area contributed by atoms with Crippen molar-refractivity contribution < 1.29 is 0 Å². The first-order valence-electron chi connectivity index (χ1n) is 14.3. The molecule has 2 heterocycles. The van der Waals surface area contributed by atoms with Crippen molar-refractivity contribution in [3.05, 3.63) is 152 Å². The van der Waals surface area contributed by atoms with Crippen LogP contribution >= 0.6 is 0 Å². The minimum absolute atomic E-state index is 0.135. The van der Waals surface area contributed by atoms with E-state index in [-0.39, 0.29) is 14.5 Å². The normalized spacial score (nSPS) is 11.3. The summed E-state index contributed by atoms with van der Waals surface area (Å²) in [5.41, 5.74) is 9.49. The molecule has 0 aliphatic rings. The van der Waals surface area contributed by atoms with Gasteiger partial charge in [-0.1, -0.05) is 12.1 Å². The molecule has 0 saturated carbocycles. The first-order chi connectivity index (χ1) is 21.3. The van der Waals surface area contributed by atoms with E-state index in [1.807, 2.05) is 24.3 Å². The van der Waals surface area contributed by atoms with Crippen molar-refractivity contribution in [3.63, 3.8) is 0 Å². The van der Waals surface area contributed by atoms with Crippen LogP contribution in [0.4, 0.5) is 0 Å². The molecule has 2 aromatic heterocycles. The molecule has 8 rings (SSSR count). The van der Waals surface area contributed by atoms with E-state index in [0.717, 1.165) is 39.2 Å². The van der Waals surface area contributed by atoms with Gasteiger partial charge >= 0.3 is 245 Å². The topological polar surface area (TPSA) is 38.7 Å². The van der Waals surface area contributed by atoms with Gasteiger partial charge < -0.3 is 0 Å². The van der Waals surface area contributed by atoms with Crippen molar-refractivity contribution in [2.45, 2.75) is 0 Å². The molecule has 202 valence electrons. The molecule has 0 atom stereocenters. The maximum atomic E-state index is 5.19. The molecule has 0 N–H and O–H groups in total. The molecule has 3 nitrogen and oxygen atoms in total. The van der Waals surface area contributed by atoms with Crippen molar-refractivity contribution >= 4 is 35.1 Å². The number of rotatable bonds is 5. The van der Waals surface area contributed by atoms with Crippen LogP contribution in [0, 0.1) is 0 Å². The molecular formula is C39H25N3Se. The summed E-state index contributed by atoms with van der Waals surface area (Å²) in [5, 5.41) is 2.51. The molecule has 0 radical (unpaired) electrons. The van der Waals surface area contributed by atoms with E-state index in [0.29, 0.717) is 5.82 Å². The predicted molar refractivity (Wildman–Crippen MR) is 179 cm³/mol. The Morgan fingerprint density at radius 2 is 0.953 bits per heavy atom. The minimum atomic E-state index is 0.135. The maximum absolute atomic E-state index is 5.19. The van der Waals surface area contributed by atoms with Crippen molar-refractivity contribution in [1.82, 2.24) is 15.0 Å². The van der Waals surface area contributed by atoms with Gasteiger partial charge in [0.2, 0.25) is 0 Å². The van der Waals surface area contributed by atoms with Gasteiger partial charge in [0, 0.05) is 0 Å². The third kappa shape index (κ3) is 4.77. The van der Waals surface area contributed by atoms with Gasteiger partial charge in [-0.2, -0.15) is 0 Å². The van der Waals surface area contributed by atoms with Crippen LogP contribution < -0.4 is 0 Å². The van der Waals surface area contributed by atoms with E-state index >= 15 is 0 Å². The van der Waals surface area contributed by atoms with Crippen LogP contribution in [0.1, 0.15) is 0 Å². The van der Waals surface area contributed by atoms with Crippen LogP contribution in [0.5, 0.6) is 0 Å². The number of aromatic nitrogens is 3. The zero-order valence-corrected chi connectivity index (χ0v) is 24.9. The summed E-state index contributed by atoms with van der Waals surface area (Å²) >= 11 is 0.135. The average molecular weight is 615 g/mol. The van der Waals surface area contributed by atoms with Crippen LogP contribution in [0.3, 0.4) is 0 Å². The van der Waals surface area contributed by atoms with Crippen LogP contribution in [0.25, 0.3) is 75.7 Å². The van der Waals surface area contributed by atoms with Crippen molar-refractivity contribution in [3.8, 4) is 55.2 Å². The van der Waals surface area contributed by atoms with Crippen LogP contribution in [0.2, 0.25) is 0 Å². The second-order valence-electron chi connectivity index (χ2n) is 10.4. The predicted octanol–water partition coefficient (Wildman–Crippen LogP) is 9.57. The zero-order valence-electron chi connectivity index (χ0n) is 23.2. The first kappa shape index (κ1) is 25.6. The molecule has 43 heavy (non-hydrogen) atoms. The quantitative estimate of drug-likeness (QED) is 0.181. The van der Waals surface area contributed by atoms with Gasteiger partial charge in [0.1, 0.15) is 0 Å². The van der Waals surface area contributed by atoms with E-state index in [1.165, 1.54) is 30.7 Å². The third-order valence-corrected chi connectivity index (χ3v) is 10.2. The molecule has 0 aliphatic heterocycles. The van der Waals surface area contributed by atoms with Crippen molar-refractivity contribution in [2.24, 2.45) is 0 Å². The summed E-state index contributed by atoms with van der Waals surface area (Å²) < 4.78 is 2.53. The third-order valence-electron chi connectivity index (χ3n) is 7.74. The van der Waals surface area contributed by atoms with Crippen LogP contribution in [0.15, 0.2) is 152 Å². The number of benzene rings is 6. The van der Waals surface area contributed by atoms with Gasteiger partial charge in [0.15, 0.2) is 0 Å². The van der Waals surface area contributed by atoms with E-state index in [2.05, 4.69) is 127 Å². The Labute approximate surface area is 255 Å². The molecule has 0 bridgehead atoms. The fourth-order valence-corrected chi connectivity index (χ4v) is 7.96. The average Bonchev–Trinajstić information content (AvgIpc) is 3.54. The van der Waals surface area contributed by atoms with E-state index in [4.69, 9.17) is 15.0 Å². The van der Waals surface area contributed by atoms with Gasteiger partial charge in [-0.25, -0.2) is 0 Å². The summed E-state index contributed by atoms with van der Waals surface area (Å²) in [5.74, 6) is 0.713. The van der Waals surface area contributed by atoms with Gasteiger partial charge in [-0.05, 0) is 0 Å². The Morgan fingerprint density at radius 3 is 1.67 bits per heavy atom. The molecular weight excluding hydrogens is 589 g/mol.